The normalized spacial score (nSPS) is 12.1. The number of anilines is 1. The predicted octanol–water partition coefficient (Wildman–Crippen LogP) is 4.44. The Bertz CT molecular complexity index is 1050. The summed E-state index contributed by atoms with van der Waals surface area (Å²) in [6.45, 7) is 0.206. The minimum atomic E-state index is -0.231. The van der Waals surface area contributed by atoms with Crippen molar-refractivity contribution in [2.45, 2.75) is 0 Å². The number of fused-ring (bicyclic) bond motifs is 2. The molecule has 0 bridgehead atoms. The van der Waals surface area contributed by atoms with E-state index in [9.17, 15) is 4.79 Å². The Morgan fingerprint density at radius 2 is 1.74 bits per heavy atom. The van der Waals surface area contributed by atoms with Crippen LogP contribution in [0.3, 0.4) is 0 Å². The summed E-state index contributed by atoms with van der Waals surface area (Å²) in [6.07, 6.45) is 0. The summed E-state index contributed by atoms with van der Waals surface area (Å²) in [7, 11) is 3.10. The van der Waals surface area contributed by atoms with Gasteiger partial charge in [-0.15, -0.1) is 0 Å². The second-order valence-electron chi connectivity index (χ2n) is 5.87. The summed E-state index contributed by atoms with van der Waals surface area (Å²) >= 11 is 2.11. The second-order valence-corrected chi connectivity index (χ2v) is 7.04. The van der Waals surface area contributed by atoms with Crippen molar-refractivity contribution in [1.29, 1.82) is 0 Å². The molecule has 1 aliphatic rings. The van der Waals surface area contributed by atoms with Crippen molar-refractivity contribution in [2.75, 3.05) is 26.3 Å². The zero-order valence-electron chi connectivity index (χ0n) is 14.7. The first-order chi connectivity index (χ1) is 13.1. The molecule has 0 saturated heterocycles. The van der Waals surface area contributed by atoms with Gasteiger partial charge in [0.25, 0.3) is 5.91 Å². The third-order valence-corrected chi connectivity index (χ3v) is 5.23. The monoisotopic (exact) mass is 477 g/mol. The number of nitrogens with one attached hydrogen (secondary N) is 1. The van der Waals surface area contributed by atoms with Gasteiger partial charge in [-0.1, -0.05) is 12.1 Å². The quantitative estimate of drug-likeness (QED) is 0.563. The largest absolute Gasteiger partial charge is 0.493 e. The van der Waals surface area contributed by atoms with Crippen molar-refractivity contribution in [3.63, 3.8) is 0 Å². The van der Waals surface area contributed by atoms with Crippen LogP contribution in [0.1, 0.15) is 10.4 Å². The maximum absolute atomic E-state index is 12.9. The molecule has 1 aliphatic heterocycles. The molecule has 1 amide bonds. The topological polar surface area (TPSA) is 66.0 Å². The number of amides is 1. The van der Waals surface area contributed by atoms with E-state index in [1.807, 2.05) is 30.3 Å². The molecule has 4 rings (SSSR count). The van der Waals surface area contributed by atoms with E-state index in [0.717, 1.165) is 14.3 Å². The Morgan fingerprint density at radius 3 is 2.48 bits per heavy atom. The first-order valence-corrected chi connectivity index (χ1v) is 9.24. The fourth-order valence-corrected chi connectivity index (χ4v) is 3.68. The van der Waals surface area contributed by atoms with Gasteiger partial charge in [-0.2, -0.15) is 0 Å². The van der Waals surface area contributed by atoms with E-state index in [0.29, 0.717) is 34.2 Å². The first kappa shape index (κ1) is 17.7. The highest BCUT2D eigenvalue weighted by Gasteiger charge is 2.19. The fraction of sp³-hybridized carbons (Fsp3) is 0.150. The Hall–Kier alpha value is -2.68. The summed E-state index contributed by atoms with van der Waals surface area (Å²) in [5.41, 5.74) is 1.20. The van der Waals surface area contributed by atoms with E-state index in [1.54, 1.807) is 26.4 Å². The summed E-state index contributed by atoms with van der Waals surface area (Å²) in [5, 5.41) is 4.82. The highest BCUT2D eigenvalue weighted by Crippen LogP contribution is 2.39. The summed E-state index contributed by atoms with van der Waals surface area (Å²) in [5.74, 6) is 2.23. The minimum absolute atomic E-state index is 0.206. The van der Waals surface area contributed by atoms with Crippen LogP contribution >= 0.6 is 22.6 Å². The van der Waals surface area contributed by atoms with Crippen molar-refractivity contribution in [3.8, 4) is 23.0 Å². The summed E-state index contributed by atoms with van der Waals surface area (Å²) in [4.78, 5) is 12.9. The number of methoxy groups -OCH3 is 2. The number of hydrogen-bond acceptors (Lipinski definition) is 5. The number of benzene rings is 3. The molecular weight excluding hydrogens is 461 g/mol. The van der Waals surface area contributed by atoms with Crippen LogP contribution in [-0.2, 0) is 0 Å². The lowest BCUT2D eigenvalue weighted by atomic mass is 10.1. The molecular formula is C20H16INO5. The van der Waals surface area contributed by atoms with Crippen LogP contribution in [0.15, 0.2) is 42.5 Å². The van der Waals surface area contributed by atoms with Gasteiger partial charge >= 0.3 is 0 Å². The third-order valence-electron chi connectivity index (χ3n) is 4.34. The van der Waals surface area contributed by atoms with E-state index in [1.165, 1.54) is 0 Å². The van der Waals surface area contributed by atoms with Gasteiger partial charge in [-0.25, -0.2) is 0 Å². The molecule has 0 radical (unpaired) electrons. The summed E-state index contributed by atoms with van der Waals surface area (Å²) < 4.78 is 22.2. The number of hydrogen-bond donors (Lipinski definition) is 1. The third kappa shape index (κ3) is 3.23. The zero-order valence-corrected chi connectivity index (χ0v) is 16.8. The Labute approximate surface area is 169 Å². The number of rotatable bonds is 4. The van der Waals surface area contributed by atoms with Gasteiger partial charge in [-0.05, 0) is 58.3 Å². The van der Waals surface area contributed by atoms with E-state index in [-0.39, 0.29) is 12.7 Å². The number of halogens is 1. The van der Waals surface area contributed by atoms with Crippen molar-refractivity contribution in [3.05, 3.63) is 51.6 Å². The van der Waals surface area contributed by atoms with Crippen molar-refractivity contribution < 1.29 is 23.7 Å². The molecule has 138 valence electrons. The molecule has 0 unspecified atom stereocenters. The lowest BCUT2D eigenvalue weighted by Crippen LogP contribution is -2.14. The highest BCUT2D eigenvalue weighted by atomic mass is 127. The van der Waals surface area contributed by atoms with Gasteiger partial charge in [0.1, 0.15) is 0 Å². The standard InChI is InChI=1S/C20H16INO5/c1-24-16-8-13(14(21)9-17(16)25-2)20(23)22-15-5-3-4-11-6-18-19(7-12(11)15)27-10-26-18/h3-9H,10H2,1-2H3,(H,22,23). The fourth-order valence-electron chi connectivity index (χ4n) is 2.99. The number of carbonyl (C=O) groups is 1. The molecule has 27 heavy (non-hydrogen) atoms. The molecule has 0 fully saturated rings. The van der Waals surface area contributed by atoms with Crippen LogP contribution in [0, 0.1) is 3.57 Å². The lowest BCUT2D eigenvalue weighted by molar-refractivity contribution is 0.102. The number of ether oxygens (including phenoxy) is 4. The average Bonchev–Trinajstić information content (AvgIpc) is 3.13. The lowest BCUT2D eigenvalue weighted by Gasteiger charge is -2.13. The van der Waals surface area contributed by atoms with Gasteiger partial charge < -0.3 is 24.3 Å². The highest BCUT2D eigenvalue weighted by molar-refractivity contribution is 14.1. The predicted molar refractivity (Wildman–Crippen MR) is 110 cm³/mol. The van der Waals surface area contributed by atoms with E-state index in [2.05, 4.69) is 27.9 Å². The molecule has 0 aliphatic carbocycles. The molecule has 0 saturated carbocycles. The first-order valence-electron chi connectivity index (χ1n) is 8.16. The molecule has 3 aromatic carbocycles. The maximum Gasteiger partial charge on any atom is 0.256 e. The number of carbonyl (C=O) groups excluding carboxylic acids is 1. The SMILES string of the molecule is COc1cc(I)c(C(=O)Nc2cccc3cc4c(cc23)OCO4)cc1OC. The molecule has 0 spiro atoms. The van der Waals surface area contributed by atoms with Crippen LogP contribution in [0.25, 0.3) is 10.8 Å². The van der Waals surface area contributed by atoms with E-state index < -0.39 is 0 Å². The van der Waals surface area contributed by atoms with Crippen molar-refractivity contribution in [2.24, 2.45) is 0 Å². The Kier molecular flexibility index (Phi) is 4.69. The maximum atomic E-state index is 12.9. The van der Waals surface area contributed by atoms with Gasteiger partial charge in [0.15, 0.2) is 23.0 Å². The van der Waals surface area contributed by atoms with E-state index >= 15 is 0 Å². The van der Waals surface area contributed by atoms with Gasteiger partial charge in [-0.3, -0.25) is 4.79 Å². The average molecular weight is 477 g/mol. The summed E-state index contributed by atoms with van der Waals surface area (Å²) in [6, 6.07) is 13.0. The van der Waals surface area contributed by atoms with Crippen molar-refractivity contribution >= 4 is 45.0 Å². The Morgan fingerprint density at radius 1 is 1.04 bits per heavy atom. The van der Waals surface area contributed by atoms with Gasteiger partial charge in [0.05, 0.1) is 19.8 Å². The molecule has 3 aromatic rings. The minimum Gasteiger partial charge on any atom is -0.493 e. The van der Waals surface area contributed by atoms with Gasteiger partial charge in [0, 0.05) is 14.6 Å². The van der Waals surface area contributed by atoms with E-state index in [4.69, 9.17) is 18.9 Å². The Balaban J connectivity index is 1.71. The smallest absolute Gasteiger partial charge is 0.256 e. The van der Waals surface area contributed by atoms with Crippen LogP contribution in [0.2, 0.25) is 0 Å². The second kappa shape index (κ2) is 7.15. The van der Waals surface area contributed by atoms with Crippen LogP contribution in [0.4, 0.5) is 5.69 Å². The molecule has 0 aromatic heterocycles. The molecule has 0 atom stereocenters. The van der Waals surface area contributed by atoms with Crippen LogP contribution in [-0.4, -0.2) is 26.9 Å². The van der Waals surface area contributed by atoms with Crippen LogP contribution in [0.5, 0.6) is 23.0 Å². The zero-order chi connectivity index (χ0) is 19.0. The molecule has 7 heteroatoms. The molecule has 6 nitrogen and oxygen atoms in total. The molecule has 1 N–H and O–H groups in total. The van der Waals surface area contributed by atoms with Crippen LogP contribution < -0.4 is 24.3 Å². The van der Waals surface area contributed by atoms with Gasteiger partial charge in [0.2, 0.25) is 6.79 Å². The van der Waals surface area contributed by atoms with Crippen molar-refractivity contribution in [1.82, 2.24) is 0 Å². The molecule has 1 heterocycles.